The molecule has 1 amide bonds. The highest BCUT2D eigenvalue weighted by molar-refractivity contribution is 6.06. The van der Waals surface area contributed by atoms with Gasteiger partial charge in [-0.05, 0) is 67.8 Å². The van der Waals surface area contributed by atoms with Crippen LogP contribution in [0.25, 0.3) is 16.7 Å². The molecule has 0 fully saturated rings. The van der Waals surface area contributed by atoms with E-state index in [9.17, 15) is 14.9 Å². The Morgan fingerprint density at radius 2 is 1.76 bits per heavy atom. The summed E-state index contributed by atoms with van der Waals surface area (Å²) in [5, 5.41) is 23.3. The predicted octanol–water partition coefficient (Wildman–Crippen LogP) is 4.85. The zero-order chi connectivity index (χ0) is 23.5. The van der Waals surface area contributed by atoms with Gasteiger partial charge in [0.1, 0.15) is 11.0 Å². The van der Waals surface area contributed by atoms with E-state index in [0.717, 1.165) is 17.7 Å². The fraction of sp³-hybridized carbons (Fsp3) is 0.208. The topological polar surface area (TPSA) is 112 Å². The molecular weight excluding hydrogens is 422 g/mol. The van der Waals surface area contributed by atoms with Crippen LogP contribution in [0.2, 0.25) is 0 Å². The van der Waals surface area contributed by atoms with Crippen LogP contribution in [-0.2, 0) is 6.42 Å². The first-order chi connectivity index (χ1) is 15.9. The van der Waals surface area contributed by atoms with Gasteiger partial charge in [-0.25, -0.2) is 0 Å². The summed E-state index contributed by atoms with van der Waals surface area (Å²) < 4.78 is 5.28. The lowest BCUT2D eigenvalue weighted by Gasteiger charge is -2.09. The summed E-state index contributed by atoms with van der Waals surface area (Å²) in [7, 11) is 0. The van der Waals surface area contributed by atoms with Gasteiger partial charge in [0.15, 0.2) is 5.75 Å². The number of hydrogen-bond acceptors (Lipinski definition) is 6. The molecule has 0 spiro atoms. The highest BCUT2D eigenvalue weighted by atomic mass is 16.6. The second-order valence-corrected chi connectivity index (χ2v) is 7.49. The van der Waals surface area contributed by atoms with Crippen LogP contribution in [0.1, 0.15) is 35.3 Å². The van der Waals surface area contributed by atoms with Gasteiger partial charge in [0.25, 0.3) is 5.91 Å². The van der Waals surface area contributed by atoms with E-state index in [-0.39, 0.29) is 23.6 Å². The van der Waals surface area contributed by atoms with Crippen molar-refractivity contribution in [2.24, 2.45) is 0 Å². The third kappa shape index (κ3) is 4.52. The molecule has 0 aliphatic carbocycles. The summed E-state index contributed by atoms with van der Waals surface area (Å²) in [6.07, 6.45) is 0.953. The first kappa shape index (κ1) is 21.9. The smallest absolute Gasteiger partial charge is 0.311 e. The molecule has 0 bridgehead atoms. The van der Waals surface area contributed by atoms with E-state index >= 15 is 0 Å². The van der Waals surface area contributed by atoms with Crippen molar-refractivity contribution in [2.75, 3.05) is 11.9 Å². The number of carbonyl (C=O) groups is 1. The molecule has 3 aromatic carbocycles. The molecule has 0 atom stereocenters. The van der Waals surface area contributed by atoms with E-state index in [1.54, 1.807) is 17.8 Å². The van der Waals surface area contributed by atoms with E-state index in [2.05, 4.69) is 22.4 Å². The van der Waals surface area contributed by atoms with E-state index in [4.69, 9.17) is 4.74 Å². The molecule has 1 N–H and O–H groups in total. The number of anilines is 1. The monoisotopic (exact) mass is 445 g/mol. The molecule has 4 aromatic rings. The minimum atomic E-state index is -0.565. The summed E-state index contributed by atoms with van der Waals surface area (Å²) in [6.45, 7) is 5.97. The van der Waals surface area contributed by atoms with Gasteiger partial charge in [0.2, 0.25) is 0 Å². The number of nitrogens with one attached hydrogen (secondary N) is 1. The highest BCUT2D eigenvalue weighted by Crippen LogP contribution is 2.29. The van der Waals surface area contributed by atoms with Crippen LogP contribution in [0.4, 0.5) is 11.4 Å². The molecule has 0 aliphatic rings. The van der Waals surface area contributed by atoms with Gasteiger partial charge in [0.05, 0.1) is 17.2 Å². The molecular formula is C24H23N5O4. The van der Waals surface area contributed by atoms with Gasteiger partial charge in [-0.15, -0.1) is 10.2 Å². The summed E-state index contributed by atoms with van der Waals surface area (Å²) in [5.74, 6) is -0.341. The fourth-order valence-electron chi connectivity index (χ4n) is 3.46. The molecule has 9 heteroatoms. The van der Waals surface area contributed by atoms with Crippen molar-refractivity contribution in [3.8, 4) is 11.4 Å². The average molecular weight is 445 g/mol. The summed E-state index contributed by atoms with van der Waals surface area (Å²) >= 11 is 0. The Labute approximate surface area is 190 Å². The van der Waals surface area contributed by atoms with Crippen molar-refractivity contribution in [3.63, 3.8) is 0 Å². The van der Waals surface area contributed by atoms with Crippen LogP contribution in [0, 0.1) is 17.0 Å². The third-order valence-electron chi connectivity index (χ3n) is 5.27. The van der Waals surface area contributed by atoms with Crippen LogP contribution in [-0.4, -0.2) is 32.4 Å². The number of amides is 1. The maximum atomic E-state index is 12.8. The summed E-state index contributed by atoms with van der Waals surface area (Å²) in [4.78, 5) is 25.2. The van der Waals surface area contributed by atoms with Gasteiger partial charge in [-0.1, -0.05) is 19.1 Å². The number of ether oxygens (including phenoxy) is 1. The molecule has 0 aliphatic heterocycles. The minimum Gasteiger partial charge on any atom is -0.487 e. The maximum Gasteiger partial charge on any atom is 0.311 e. The number of nitro benzene ring substituents is 1. The Morgan fingerprint density at radius 3 is 2.39 bits per heavy atom. The first-order valence-electron chi connectivity index (χ1n) is 10.6. The number of nitro groups is 1. The predicted molar refractivity (Wildman–Crippen MR) is 125 cm³/mol. The van der Waals surface area contributed by atoms with Crippen LogP contribution in [0.15, 0.2) is 54.6 Å². The van der Waals surface area contributed by atoms with E-state index in [1.807, 2.05) is 37.3 Å². The number of benzene rings is 3. The lowest BCUT2D eigenvalue weighted by molar-refractivity contribution is -0.385. The Kier molecular flexibility index (Phi) is 6.03. The lowest BCUT2D eigenvalue weighted by Crippen LogP contribution is -2.13. The largest absolute Gasteiger partial charge is 0.487 e. The normalized spacial score (nSPS) is 10.9. The van der Waals surface area contributed by atoms with Crippen molar-refractivity contribution in [1.82, 2.24) is 15.0 Å². The number of fused-ring (bicyclic) bond motifs is 1. The minimum absolute atomic E-state index is 0.125. The van der Waals surface area contributed by atoms with Crippen molar-refractivity contribution in [3.05, 3.63) is 81.4 Å². The van der Waals surface area contributed by atoms with Crippen LogP contribution in [0.3, 0.4) is 0 Å². The molecule has 0 radical (unpaired) electrons. The Hall–Kier alpha value is -4.27. The lowest BCUT2D eigenvalue weighted by atomic mass is 10.1. The summed E-state index contributed by atoms with van der Waals surface area (Å²) in [6, 6.07) is 15.7. The number of rotatable bonds is 7. The van der Waals surface area contributed by atoms with Gasteiger partial charge in [-0.3, -0.25) is 14.9 Å². The van der Waals surface area contributed by atoms with Crippen molar-refractivity contribution in [2.45, 2.75) is 27.2 Å². The molecule has 1 aromatic heterocycles. The molecule has 0 saturated carbocycles. The van der Waals surface area contributed by atoms with E-state index in [1.165, 1.54) is 23.8 Å². The Bertz CT molecular complexity index is 1350. The van der Waals surface area contributed by atoms with Gasteiger partial charge in [0, 0.05) is 17.3 Å². The first-order valence-corrected chi connectivity index (χ1v) is 10.6. The molecule has 168 valence electrons. The molecule has 1 heterocycles. The van der Waals surface area contributed by atoms with Gasteiger partial charge < -0.3 is 10.1 Å². The van der Waals surface area contributed by atoms with Crippen LogP contribution in [0.5, 0.6) is 5.75 Å². The number of aromatic nitrogens is 3. The molecule has 0 saturated heterocycles. The summed E-state index contributed by atoms with van der Waals surface area (Å²) in [5.41, 5.74) is 4.63. The quantitative estimate of drug-likeness (QED) is 0.321. The number of nitrogens with zero attached hydrogens (tertiary/aromatic N) is 4. The third-order valence-corrected chi connectivity index (χ3v) is 5.27. The Balaban J connectivity index is 1.62. The molecule has 4 rings (SSSR count). The zero-order valence-electron chi connectivity index (χ0n) is 18.5. The zero-order valence-corrected chi connectivity index (χ0v) is 18.5. The van der Waals surface area contributed by atoms with Crippen molar-refractivity contribution >= 4 is 28.3 Å². The van der Waals surface area contributed by atoms with Crippen molar-refractivity contribution in [1.29, 1.82) is 0 Å². The average Bonchev–Trinajstić information content (AvgIpc) is 3.22. The highest BCUT2D eigenvalue weighted by Gasteiger charge is 2.19. The van der Waals surface area contributed by atoms with Crippen molar-refractivity contribution < 1.29 is 14.5 Å². The number of carbonyl (C=O) groups excluding carboxylic acids is 1. The van der Waals surface area contributed by atoms with E-state index in [0.29, 0.717) is 16.7 Å². The standard InChI is InChI=1S/C24H23N5O4/c1-4-16-6-9-18(10-7-16)28-26-20-12-15(3)19(14-21(20)27-28)25-24(30)17-8-11-23(33-5-2)22(13-17)29(31)32/h6-14H,4-5H2,1-3H3,(H,25,30). The SMILES string of the molecule is CCOc1ccc(C(=O)Nc2cc3nn(-c4ccc(CC)cc4)nc3cc2C)cc1[N+](=O)[O-]. The molecule has 9 nitrogen and oxygen atoms in total. The fourth-order valence-corrected chi connectivity index (χ4v) is 3.46. The number of hydrogen-bond donors (Lipinski definition) is 1. The van der Waals surface area contributed by atoms with Crippen LogP contribution < -0.4 is 10.1 Å². The second kappa shape index (κ2) is 9.07. The second-order valence-electron chi connectivity index (χ2n) is 7.49. The van der Waals surface area contributed by atoms with E-state index < -0.39 is 10.8 Å². The van der Waals surface area contributed by atoms with Gasteiger partial charge in [-0.2, -0.15) is 4.80 Å². The number of aryl methyl sites for hydroxylation is 2. The molecule has 33 heavy (non-hydrogen) atoms. The van der Waals surface area contributed by atoms with Crippen LogP contribution >= 0.6 is 0 Å². The van der Waals surface area contributed by atoms with Gasteiger partial charge >= 0.3 is 5.69 Å². The Morgan fingerprint density at radius 1 is 1.06 bits per heavy atom. The molecule has 0 unspecified atom stereocenters. The maximum absolute atomic E-state index is 12.8.